The number of halogens is 1. The molecule has 0 fully saturated rings. The number of nitrogens with zero attached hydrogens (tertiary/aromatic N) is 4. The van der Waals surface area contributed by atoms with Crippen LogP contribution in [0.3, 0.4) is 0 Å². The normalized spacial score (nSPS) is 16.6. The Morgan fingerprint density at radius 1 is 1.24 bits per heavy atom. The molecule has 0 bridgehead atoms. The van der Waals surface area contributed by atoms with E-state index in [1.165, 1.54) is 0 Å². The fraction of sp³-hybridized carbons (Fsp3) is 0.278. The molecule has 1 atom stereocenters. The maximum absolute atomic E-state index is 12.3. The number of nitrogens with one attached hydrogen (secondary N) is 1. The third kappa shape index (κ3) is 2.72. The summed E-state index contributed by atoms with van der Waals surface area (Å²) in [4.78, 5) is 12.3. The Morgan fingerprint density at radius 3 is 2.72 bits per heavy atom. The largest absolute Gasteiger partial charge is 0.311 e. The molecule has 0 unspecified atom stereocenters. The van der Waals surface area contributed by atoms with Crippen LogP contribution in [-0.4, -0.2) is 25.5 Å². The summed E-state index contributed by atoms with van der Waals surface area (Å²) >= 11 is 6.26. The summed E-state index contributed by atoms with van der Waals surface area (Å²) < 4.78 is 3.63. The van der Waals surface area contributed by atoms with Crippen molar-refractivity contribution in [2.24, 2.45) is 7.05 Å². The maximum Gasteiger partial charge on any atom is 0.226 e. The van der Waals surface area contributed by atoms with Crippen molar-refractivity contribution in [3.05, 3.63) is 64.1 Å². The van der Waals surface area contributed by atoms with Crippen LogP contribution in [0.4, 0.5) is 5.82 Å². The molecular formula is C18H18ClN5O. The number of aromatic nitrogens is 4. The second-order valence-electron chi connectivity index (χ2n) is 6.31. The van der Waals surface area contributed by atoms with Crippen LogP contribution < -0.4 is 5.32 Å². The standard InChI is InChI=1S/C18H18ClN5O/c1-11-14(8-20-23(11)2)13-7-17(25)22-18-15(13)9-21-24(18)10-12-5-3-4-6-16(12)19/h3-6,8-9,13H,7,10H2,1-2H3,(H,22,25)/t13-/m1/s1. The van der Waals surface area contributed by atoms with E-state index < -0.39 is 0 Å². The molecule has 1 aliphatic rings. The predicted molar refractivity (Wildman–Crippen MR) is 95.8 cm³/mol. The number of amides is 1. The van der Waals surface area contributed by atoms with Gasteiger partial charge in [-0.1, -0.05) is 29.8 Å². The molecular weight excluding hydrogens is 338 g/mol. The Bertz CT molecular complexity index is 958. The molecule has 1 N–H and O–H groups in total. The molecule has 1 aliphatic heterocycles. The average Bonchev–Trinajstić information content (AvgIpc) is 3.14. The molecule has 0 saturated carbocycles. The van der Waals surface area contributed by atoms with E-state index in [0.717, 1.165) is 28.2 Å². The predicted octanol–water partition coefficient (Wildman–Crippen LogP) is 3.10. The van der Waals surface area contributed by atoms with Gasteiger partial charge in [0.25, 0.3) is 0 Å². The first-order chi connectivity index (χ1) is 12.0. The first-order valence-electron chi connectivity index (χ1n) is 8.12. The summed E-state index contributed by atoms with van der Waals surface area (Å²) in [7, 11) is 1.91. The summed E-state index contributed by atoms with van der Waals surface area (Å²) in [6.45, 7) is 2.52. The van der Waals surface area contributed by atoms with Crippen LogP contribution in [0.2, 0.25) is 5.02 Å². The highest BCUT2D eigenvalue weighted by Gasteiger charge is 2.31. The van der Waals surface area contributed by atoms with Crippen LogP contribution in [0.1, 0.15) is 34.7 Å². The molecule has 0 aliphatic carbocycles. The molecule has 2 aromatic heterocycles. The molecule has 4 rings (SSSR count). The SMILES string of the molecule is Cc1c([C@H]2CC(=O)Nc3c2cnn3Cc2ccccc2Cl)cnn1C. The highest BCUT2D eigenvalue weighted by atomic mass is 35.5. The number of hydrogen-bond donors (Lipinski definition) is 1. The number of anilines is 1. The van der Waals surface area contributed by atoms with Gasteiger partial charge in [0.2, 0.25) is 5.91 Å². The smallest absolute Gasteiger partial charge is 0.226 e. The van der Waals surface area contributed by atoms with Crippen molar-refractivity contribution >= 4 is 23.3 Å². The second-order valence-corrected chi connectivity index (χ2v) is 6.72. The van der Waals surface area contributed by atoms with Crippen molar-refractivity contribution < 1.29 is 4.79 Å². The first-order valence-corrected chi connectivity index (χ1v) is 8.50. The summed E-state index contributed by atoms with van der Waals surface area (Å²) in [6, 6.07) is 7.65. The highest BCUT2D eigenvalue weighted by Crippen LogP contribution is 2.38. The summed E-state index contributed by atoms with van der Waals surface area (Å²) in [6.07, 6.45) is 4.08. The second kappa shape index (κ2) is 6.04. The quantitative estimate of drug-likeness (QED) is 0.785. The fourth-order valence-corrected chi connectivity index (χ4v) is 3.51. The van der Waals surface area contributed by atoms with Gasteiger partial charge in [0.15, 0.2) is 0 Å². The van der Waals surface area contributed by atoms with E-state index in [0.29, 0.717) is 18.0 Å². The number of fused-ring (bicyclic) bond motifs is 1. The number of carbonyl (C=O) groups is 1. The Kier molecular flexibility index (Phi) is 3.84. The molecule has 0 radical (unpaired) electrons. The lowest BCUT2D eigenvalue weighted by atomic mass is 9.88. The number of aryl methyl sites for hydroxylation is 1. The third-order valence-corrected chi connectivity index (χ3v) is 5.19. The summed E-state index contributed by atoms with van der Waals surface area (Å²) in [5, 5.41) is 12.5. The zero-order valence-electron chi connectivity index (χ0n) is 14.0. The molecule has 3 heterocycles. The van der Waals surface area contributed by atoms with E-state index in [-0.39, 0.29) is 11.8 Å². The van der Waals surface area contributed by atoms with Gasteiger partial charge in [-0.05, 0) is 18.6 Å². The number of rotatable bonds is 3. The van der Waals surface area contributed by atoms with Crippen molar-refractivity contribution in [1.29, 1.82) is 0 Å². The minimum absolute atomic E-state index is 0.0124. The van der Waals surface area contributed by atoms with E-state index in [9.17, 15) is 4.79 Å². The number of hydrogen-bond acceptors (Lipinski definition) is 3. The molecule has 128 valence electrons. The van der Waals surface area contributed by atoms with Crippen LogP contribution in [0.25, 0.3) is 0 Å². The lowest BCUT2D eigenvalue weighted by Gasteiger charge is -2.23. The Hall–Kier alpha value is -2.60. The minimum atomic E-state index is -0.0301. The van der Waals surface area contributed by atoms with Gasteiger partial charge in [-0.2, -0.15) is 10.2 Å². The van der Waals surface area contributed by atoms with Gasteiger partial charge in [-0.25, -0.2) is 4.68 Å². The van der Waals surface area contributed by atoms with Gasteiger partial charge >= 0.3 is 0 Å². The fourth-order valence-electron chi connectivity index (χ4n) is 3.31. The van der Waals surface area contributed by atoms with Crippen LogP contribution in [0.5, 0.6) is 0 Å². The van der Waals surface area contributed by atoms with Crippen molar-refractivity contribution in [2.45, 2.75) is 25.8 Å². The van der Waals surface area contributed by atoms with Crippen LogP contribution in [0.15, 0.2) is 36.7 Å². The summed E-state index contributed by atoms with van der Waals surface area (Å²) in [5.74, 6) is 0.698. The lowest BCUT2D eigenvalue weighted by molar-refractivity contribution is -0.116. The van der Waals surface area contributed by atoms with E-state index in [4.69, 9.17) is 11.6 Å². The molecule has 6 nitrogen and oxygen atoms in total. The first kappa shape index (κ1) is 15.9. The molecule has 3 aromatic rings. The van der Waals surface area contributed by atoms with Crippen LogP contribution in [0, 0.1) is 6.92 Å². The number of benzene rings is 1. The third-order valence-electron chi connectivity index (χ3n) is 4.82. The van der Waals surface area contributed by atoms with Gasteiger partial charge < -0.3 is 5.32 Å². The Balaban J connectivity index is 1.74. The minimum Gasteiger partial charge on any atom is -0.311 e. The molecule has 7 heteroatoms. The summed E-state index contributed by atoms with van der Waals surface area (Å²) in [5.41, 5.74) is 4.10. The topological polar surface area (TPSA) is 64.7 Å². The molecule has 1 aromatic carbocycles. The maximum atomic E-state index is 12.3. The van der Waals surface area contributed by atoms with Crippen molar-refractivity contribution in [2.75, 3.05) is 5.32 Å². The molecule has 1 amide bonds. The van der Waals surface area contributed by atoms with E-state index in [2.05, 4.69) is 15.5 Å². The average molecular weight is 356 g/mol. The van der Waals surface area contributed by atoms with E-state index >= 15 is 0 Å². The Labute approximate surface area is 150 Å². The highest BCUT2D eigenvalue weighted by molar-refractivity contribution is 6.31. The van der Waals surface area contributed by atoms with Gasteiger partial charge in [-0.3, -0.25) is 9.48 Å². The van der Waals surface area contributed by atoms with Crippen molar-refractivity contribution in [3.8, 4) is 0 Å². The lowest BCUT2D eigenvalue weighted by Crippen LogP contribution is -2.25. The molecule has 0 spiro atoms. The molecule has 0 saturated heterocycles. The van der Waals surface area contributed by atoms with Crippen LogP contribution in [-0.2, 0) is 18.4 Å². The molecule has 25 heavy (non-hydrogen) atoms. The van der Waals surface area contributed by atoms with E-state index in [1.807, 2.05) is 55.3 Å². The van der Waals surface area contributed by atoms with Gasteiger partial charge in [0, 0.05) is 41.2 Å². The van der Waals surface area contributed by atoms with Gasteiger partial charge in [0.1, 0.15) is 5.82 Å². The van der Waals surface area contributed by atoms with Crippen molar-refractivity contribution in [3.63, 3.8) is 0 Å². The monoisotopic (exact) mass is 355 g/mol. The Morgan fingerprint density at radius 2 is 2.00 bits per heavy atom. The zero-order valence-corrected chi connectivity index (χ0v) is 14.8. The number of carbonyl (C=O) groups excluding carboxylic acids is 1. The van der Waals surface area contributed by atoms with Gasteiger partial charge in [0.05, 0.1) is 18.9 Å². The van der Waals surface area contributed by atoms with Gasteiger partial charge in [-0.15, -0.1) is 0 Å². The van der Waals surface area contributed by atoms with Crippen molar-refractivity contribution in [1.82, 2.24) is 19.6 Å². The van der Waals surface area contributed by atoms with E-state index in [1.54, 1.807) is 4.68 Å². The van der Waals surface area contributed by atoms with Crippen LogP contribution >= 0.6 is 11.6 Å². The zero-order chi connectivity index (χ0) is 17.6.